The Balaban J connectivity index is 2.14. The van der Waals surface area contributed by atoms with E-state index in [0.717, 1.165) is 6.20 Å². The van der Waals surface area contributed by atoms with Crippen molar-refractivity contribution < 1.29 is 9.18 Å². The summed E-state index contributed by atoms with van der Waals surface area (Å²) in [6.45, 7) is 0. The Kier molecular flexibility index (Phi) is 2.95. The van der Waals surface area contributed by atoms with Gasteiger partial charge in [-0.25, -0.2) is 9.37 Å². The molecule has 2 aromatic rings. The first-order valence-electron chi connectivity index (χ1n) is 4.79. The predicted molar refractivity (Wildman–Crippen MR) is 60.8 cm³/mol. The minimum atomic E-state index is -0.468. The molecule has 0 saturated heterocycles. The lowest BCUT2D eigenvalue weighted by atomic mass is 10.3. The van der Waals surface area contributed by atoms with Gasteiger partial charge < -0.3 is 11.1 Å². The first-order valence-corrected chi connectivity index (χ1v) is 4.79. The van der Waals surface area contributed by atoms with Crippen LogP contribution in [0, 0.1) is 5.82 Å². The number of carbonyl (C=O) groups excluding carboxylic acids is 1. The third-order valence-electron chi connectivity index (χ3n) is 1.99. The van der Waals surface area contributed by atoms with Crippen molar-refractivity contribution in [2.75, 3.05) is 11.1 Å². The molecule has 0 bridgehead atoms. The summed E-state index contributed by atoms with van der Waals surface area (Å²) in [5.41, 5.74) is 6.14. The summed E-state index contributed by atoms with van der Waals surface area (Å²) < 4.78 is 12.6. The SMILES string of the molecule is Nc1ccnc(C(=O)Nc2ccc(F)cn2)c1. The smallest absolute Gasteiger partial charge is 0.275 e. The van der Waals surface area contributed by atoms with Gasteiger partial charge in [0.15, 0.2) is 0 Å². The molecule has 86 valence electrons. The lowest BCUT2D eigenvalue weighted by Crippen LogP contribution is -2.14. The van der Waals surface area contributed by atoms with E-state index in [9.17, 15) is 9.18 Å². The summed E-state index contributed by atoms with van der Waals surface area (Å²) in [6, 6.07) is 5.58. The summed E-state index contributed by atoms with van der Waals surface area (Å²) in [5, 5.41) is 2.48. The van der Waals surface area contributed by atoms with E-state index in [-0.39, 0.29) is 11.5 Å². The standard InChI is InChI=1S/C11H9FN4O/c12-7-1-2-10(15-6-7)16-11(17)9-5-8(13)3-4-14-9/h1-6H,(H2,13,14)(H,15,16,17). The minimum absolute atomic E-state index is 0.177. The Labute approximate surface area is 96.5 Å². The molecule has 0 fully saturated rings. The number of aromatic nitrogens is 2. The molecular formula is C11H9FN4O. The highest BCUT2D eigenvalue weighted by Gasteiger charge is 2.08. The number of nitrogens with one attached hydrogen (secondary N) is 1. The van der Waals surface area contributed by atoms with Crippen LogP contribution in [-0.4, -0.2) is 15.9 Å². The van der Waals surface area contributed by atoms with Crippen LogP contribution in [0.5, 0.6) is 0 Å². The number of amides is 1. The van der Waals surface area contributed by atoms with Crippen LogP contribution in [-0.2, 0) is 0 Å². The maximum atomic E-state index is 12.6. The van der Waals surface area contributed by atoms with Crippen molar-refractivity contribution in [1.29, 1.82) is 0 Å². The second kappa shape index (κ2) is 4.56. The van der Waals surface area contributed by atoms with Crippen LogP contribution >= 0.6 is 0 Å². The first kappa shape index (κ1) is 11.0. The highest BCUT2D eigenvalue weighted by molar-refractivity contribution is 6.02. The van der Waals surface area contributed by atoms with Crippen LogP contribution < -0.4 is 11.1 Å². The zero-order chi connectivity index (χ0) is 12.3. The first-order chi connectivity index (χ1) is 8.15. The molecule has 0 unspecified atom stereocenters. The van der Waals surface area contributed by atoms with Crippen molar-refractivity contribution in [1.82, 2.24) is 9.97 Å². The second-order valence-corrected chi connectivity index (χ2v) is 3.29. The lowest BCUT2D eigenvalue weighted by molar-refractivity contribution is 0.102. The molecule has 0 atom stereocenters. The Morgan fingerprint density at radius 2 is 2.12 bits per heavy atom. The van der Waals surface area contributed by atoms with E-state index in [4.69, 9.17) is 5.73 Å². The van der Waals surface area contributed by atoms with Crippen LogP contribution in [0.2, 0.25) is 0 Å². The van der Waals surface area contributed by atoms with Gasteiger partial charge in [0, 0.05) is 11.9 Å². The maximum Gasteiger partial charge on any atom is 0.275 e. The van der Waals surface area contributed by atoms with Crippen LogP contribution in [0.1, 0.15) is 10.5 Å². The van der Waals surface area contributed by atoms with E-state index >= 15 is 0 Å². The Bertz CT molecular complexity index is 541. The van der Waals surface area contributed by atoms with Crippen LogP contribution in [0.4, 0.5) is 15.9 Å². The van der Waals surface area contributed by atoms with Crippen molar-refractivity contribution in [2.24, 2.45) is 0 Å². The number of nitrogens with zero attached hydrogens (tertiary/aromatic N) is 2. The molecule has 5 nitrogen and oxygen atoms in total. The molecule has 0 aromatic carbocycles. The summed E-state index contributed by atoms with van der Waals surface area (Å²) >= 11 is 0. The van der Waals surface area contributed by atoms with Crippen LogP contribution in [0.3, 0.4) is 0 Å². The van der Waals surface area contributed by atoms with Crippen LogP contribution in [0.15, 0.2) is 36.7 Å². The van der Waals surface area contributed by atoms with E-state index in [1.54, 1.807) is 6.07 Å². The highest BCUT2D eigenvalue weighted by Crippen LogP contribution is 2.07. The van der Waals surface area contributed by atoms with Gasteiger partial charge >= 0.3 is 0 Å². The second-order valence-electron chi connectivity index (χ2n) is 3.29. The number of hydrogen-bond acceptors (Lipinski definition) is 4. The minimum Gasteiger partial charge on any atom is -0.399 e. The average Bonchev–Trinajstić information content (AvgIpc) is 2.32. The van der Waals surface area contributed by atoms with Gasteiger partial charge in [-0.1, -0.05) is 0 Å². The number of carbonyl (C=O) groups is 1. The maximum absolute atomic E-state index is 12.6. The van der Waals surface area contributed by atoms with Gasteiger partial charge in [-0.3, -0.25) is 9.78 Å². The number of nitrogens with two attached hydrogens (primary N) is 1. The average molecular weight is 232 g/mol. The fourth-order valence-corrected chi connectivity index (χ4v) is 1.20. The molecule has 0 saturated carbocycles. The Morgan fingerprint density at radius 1 is 1.29 bits per heavy atom. The number of rotatable bonds is 2. The molecule has 0 aliphatic heterocycles. The molecular weight excluding hydrogens is 223 g/mol. The van der Waals surface area contributed by atoms with Crippen molar-refractivity contribution in [3.8, 4) is 0 Å². The molecule has 1 amide bonds. The number of nitrogen functional groups attached to an aromatic ring is 1. The molecule has 0 aliphatic rings. The molecule has 2 heterocycles. The summed E-state index contributed by atoms with van der Waals surface area (Å²) in [6.07, 6.45) is 2.45. The number of anilines is 2. The summed E-state index contributed by atoms with van der Waals surface area (Å²) in [4.78, 5) is 19.2. The van der Waals surface area contributed by atoms with Crippen molar-refractivity contribution >= 4 is 17.4 Å². The lowest BCUT2D eigenvalue weighted by Gasteiger charge is -2.03. The highest BCUT2D eigenvalue weighted by atomic mass is 19.1. The van der Waals surface area contributed by atoms with Gasteiger partial charge in [-0.05, 0) is 24.3 Å². The molecule has 2 rings (SSSR count). The largest absolute Gasteiger partial charge is 0.399 e. The topological polar surface area (TPSA) is 80.9 Å². The quantitative estimate of drug-likeness (QED) is 0.821. The van der Waals surface area contributed by atoms with Crippen molar-refractivity contribution in [3.63, 3.8) is 0 Å². The third kappa shape index (κ3) is 2.75. The predicted octanol–water partition coefficient (Wildman–Crippen LogP) is 1.45. The van der Waals surface area contributed by atoms with E-state index in [1.807, 2.05) is 0 Å². The van der Waals surface area contributed by atoms with E-state index < -0.39 is 11.7 Å². The molecule has 17 heavy (non-hydrogen) atoms. The molecule has 2 aromatic heterocycles. The fourth-order valence-electron chi connectivity index (χ4n) is 1.20. The van der Waals surface area contributed by atoms with Gasteiger partial charge in [0.2, 0.25) is 0 Å². The van der Waals surface area contributed by atoms with Gasteiger partial charge in [-0.2, -0.15) is 0 Å². The molecule has 3 N–H and O–H groups in total. The third-order valence-corrected chi connectivity index (χ3v) is 1.99. The zero-order valence-electron chi connectivity index (χ0n) is 8.72. The number of hydrogen-bond donors (Lipinski definition) is 2. The Morgan fingerprint density at radius 3 is 2.76 bits per heavy atom. The monoisotopic (exact) mass is 232 g/mol. The summed E-state index contributed by atoms with van der Waals surface area (Å²) in [5.74, 6) is -0.665. The molecule has 0 radical (unpaired) electrons. The van der Waals surface area contributed by atoms with Crippen molar-refractivity contribution in [3.05, 3.63) is 48.2 Å². The summed E-state index contributed by atoms with van der Waals surface area (Å²) in [7, 11) is 0. The molecule has 0 spiro atoms. The Hall–Kier alpha value is -2.50. The normalized spacial score (nSPS) is 9.94. The van der Waals surface area contributed by atoms with E-state index in [0.29, 0.717) is 5.69 Å². The molecule has 6 heteroatoms. The van der Waals surface area contributed by atoms with Gasteiger partial charge in [0.05, 0.1) is 6.20 Å². The van der Waals surface area contributed by atoms with Gasteiger partial charge in [-0.15, -0.1) is 0 Å². The van der Waals surface area contributed by atoms with Crippen LogP contribution in [0.25, 0.3) is 0 Å². The zero-order valence-corrected chi connectivity index (χ0v) is 8.72. The molecule has 0 aliphatic carbocycles. The van der Waals surface area contributed by atoms with Crippen molar-refractivity contribution in [2.45, 2.75) is 0 Å². The van der Waals surface area contributed by atoms with E-state index in [2.05, 4.69) is 15.3 Å². The number of halogens is 1. The number of pyridine rings is 2. The fraction of sp³-hybridized carbons (Fsp3) is 0. The van der Waals surface area contributed by atoms with E-state index in [1.165, 1.54) is 24.4 Å². The van der Waals surface area contributed by atoms with Gasteiger partial charge in [0.1, 0.15) is 17.3 Å². The van der Waals surface area contributed by atoms with Gasteiger partial charge in [0.25, 0.3) is 5.91 Å².